The van der Waals surface area contributed by atoms with Crippen LogP contribution in [0.3, 0.4) is 0 Å². The predicted octanol–water partition coefficient (Wildman–Crippen LogP) is 3.76. The van der Waals surface area contributed by atoms with Crippen molar-refractivity contribution in [2.24, 2.45) is 0 Å². The van der Waals surface area contributed by atoms with Crippen LogP contribution in [0.15, 0.2) is 36.4 Å². The van der Waals surface area contributed by atoms with Crippen molar-refractivity contribution in [2.75, 3.05) is 65.0 Å². The molecule has 0 spiro atoms. The number of para-hydroxylation sites is 2. The molecular formula is C48H76N6O10. The van der Waals surface area contributed by atoms with Crippen LogP contribution in [0.5, 0.6) is 0 Å². The second-order valence-corrected chi connectivity index (χ2v) is 18.8. The number of rotatable bonds is 11. The van der Waals surface area contributed by atoms with Gasteiger partial charge in [-0.2, -0.15) is 0 Å². The van der Waals surface area contributed by atoms with Crippen molar-refractivity contribution < 1.29 is 49.8 Å². The lowest BCUT2D eigenvalue weighted by molar-refractivity contribution is -0.165. The number of carboxylic acids is 2. The first-order valence-electron chi connectivity index (χ1n) is 22.9. The molecule has 2 saturated heterocycles. The monoisotopic (exact) mass is 897 g/mol. The number of amides is 2. The van der Waals surface area contributed by atoms with Crippen LogP contribution in [0, 0.1) is 27.7 Å². The number of hydrogen-bond acceptors (Lipinski definition) is 12. The first kappa shape index (κ1) is 52.6. The van der Waals surface area contributed by atoms with Gasteiger partial charge in [0.1, 0.15) is 11.1 Å². The number of aliphatic carboxylic acids is 2. The number of carbonyl (C=O) groups is 4. The predicted molar refractivity (Wildman–Crippen MR) is 247 cm³/mol. The Bertz CT molecular complexity index is 1700. The number of carbonyl (C=O) groups excluding carboxylic acids is 2. The van der Waals surface area contributed by atoms with E-state index < -0.39 is 35.2 Å². The first-order valence-corrected chi connectivity index (χ1v) is 22.9. The van der Waals surface area contributed by atoms with E-state index in [-0.39, 0.29) is 36.1 Å². The van der Waals surface area contributed by atoms with Crippen LogP contribution in [-0.2, 0) is 19.2 Å². The highest BCUT2D eigenvalue weighted by atomic mass is 16.4. The van der Waals surface area contributed by atoms with E-state index in [0.717, 1.165) is 124 Å². The molecule has 2 aliphatic heterocycles. The summed E-state index contributed by atoms with van der Waals surface area (Å²) < 4.78 is 0. The lowest BCUT2D eigenvalue weighted by Gasteiger charge is -2.48. The first-order chi connectivity index (χ1) is 30.2. The number of nitrogens with one attached hydrogen (secondary N) is 2. The van der Waals surface area contributed by atoms with Crippen LogP contribution in [0.4, 0.5) is 11.4 Å². The van der Waals surface area contributed by atoms with E-state index in [1.807, 2.05) is 92.3 Å². The number of anilines is 2. The minimum Gasteiger partial charge on any atom is -0.479 e. The average molecular weight is 897 g/mol. The molecule has 64 heavy (non-hydrogen) atoms. The summed E-state index contributed by atoms with van der Waals surface area (Å²) in [6.07, 6.45) is 6.83. The van der Waals surface area contributed by atoms with Gasteiger partial charge in [0.2, 0.25) is 11.8 Å². The van der Waals surface area contributed by atoms with Gasteiger partial charge in [-0.25, -0.2) is 9.59 Å². The topological polar surface area (TPSA) is 227 Å². The van der Waals surface area contributed by atoms with Crippen LogP contribution in [0.25, 0.3) is 0 Å². The number of piperidine rings is 2. The fourth-order valence-electron chi connectivity index (χ4n) is 9.99. The molecule has 16 nitrogen and oxygen atoms in total. The summed E-state index contributed by atoms with van der Waals surface area (Å²) in [4.78, 5) is 55.3. The molecule has 2 amide bonds. The van der Waals surface area contributed by atoms with Crippen LogP contribution in [0.1, 0.15) is 99.3 Å². The average Bonchev–Trinajstić information content (AvgIpc) is 3.26. The summed E-state index contributed by atoms with van der Waals surface area (Å²) in [6, 6.07) is 12.7. The number of nitrogens with zero attached hydrogens (tertiary/aromatic N) is 4. The van der Waals surface area contributed by atoms with Crippen LogP contribution in [0.2, 0.25) is 0 Å². The molecule has 2 aliphatic carbocycles. The minimum atomic E-state index is -2.27. The lowest BCUT2D eigenvalue weighted by Crippen LogP contribution is -2.61. The van der Waals surface area contributed by atoms with Gasteiger partial charge in [0.05, 0.1) is 12.2 Å². The largest absolute Gasteiger partial charge is 0.479 e. The molecule has 4 unspecified atom stereocenters. The number of benzene rings is 2. The third-order valence-corrected chi connectivity index (χ3v) is 14.4. The van der Waals surface area contributed by atoms with Crippen molar-refractivity contribution in [3.63, 3.8) is 0 Å². The van der Waals surface area contributed by atoms with Gasteiger partial charge in [-0.3, -0.25) is 29.2 Å². The Morgan fingerprint density at radius 2 is 0.844 bits per heavy atom. The van der Waals surface area contributed by atoms with Gasteiger partial charge in [0.15, 0.2) is 12.2 Å². The zero-order chi connectivity index (χ0) is 47.5. The van der Waals surface area contributed by atoms with Gasteiger partial charge >= 0.3 is 11.9 Å². The van der Waals surface area contributed by atoms with E-state index in [0.29, 0.717) is 0 Å². The van der Waals surface area contributed by atoms with Gasteiger partial charge < -0.3 is 41.3 Å². The Morgan fingerprint density at radius 1 is 0.562 bits per heavy atom. The van der Waals surface area contributed by atoms with Crippen LogP contribution in [-0.4, -0.2) is 176 Å². The molecule has 4 fully saturated rings. The summed E-state index contributed by atoms with van der Waals surface area (Å²) in [7, 11) is 8.04. The summed E-state index contributed by atoms with van der Waals surface area (Å²) in [5.74, 6) is -3.35. The molecule has 2 aromatic carbocycles. The van der Waals surface area contributed by atoms with Gasteiger partial charge in [-0.05, 0) is 130 Å². The van der Waals surface area contributed by atoms with E-state index >= 15 is 0 Å². The Balaban J connectivity index is 0.000000232. The molecule has 6 atom stereocenters. The van der Waals surface area contributed by atoms with Crippen molar-refractivity contribution >= 4 is 35.1 Å². The molecule has 358 valence electrons. The summed E-state index contributed by atoms with van der Waals surface area (Å²) in [5, 5.41) is 59.8. The quantitative estimate of drug-likeness (QED) is 0.161. The lowest BCUT2D eigenvalue weighted by atomic mass is 9.82. The van der Waals surface area contributed by atoms with E-state index in [1.54, 1.807) is 0 Å². The Labute approximate surface area is 379 Å². The third kappa shape index (κ3) is 12.7. The smallest absolute Gasteiger partial charge is 0.335 e. The number of likely N-dealkylation sites (N-methyl/N-ethyl adjacent to an activating group) is 2. The molecule has 16 heteroatoms. The molecule has 2 heterocycles. The fraction of sp³-hybridized carbons (Fsp3) is 0.667. The Morgan fingerprint density at radius 3 is 1.09 bits per heavy atom. The SMILES string of the molecule is Cc1cccc(C)c1NC(=O)C1(N(C)C)CCN(C2CCCCC2O)CC1.Cc1cccc(C)c1NC(=O)C1(N(C)C)CCN([C@@H]2CCCC[C@H]2O)CC1.O=C(O)C(O)C(O)C(=O)O. The van der Waals surface area contributed by atoms with Crippen molar-refractivity contribution in [3.05, 3.63) is 58.7 Å². The Kier molecular flexibility index (Phi) is 19.3. The summed E-state index contributed by atoms with van der Waals surface area (Å²) in [6.45, 7) is 11.6. The molecule has 0 aromatic heterocycles. The zero-order valence-electron chi connectivity index (χ0n) is 39.3. The molecule has 0 radical (unpaired) electrons. The van der Waals surface area contributed by atoms with E-state index in [9.17, 15) is 29.4 Å². The highest BCUT2D eigenvalue weighted by Gasteiger charge is 2.47. The zero-order valence-corrected chi connectivity index (χ0v) is 39.3. The van der Waals surface area contributed by atoms with E-state index in [2.05, 4.69) is 30.2 Å². The van der Waals surface area contributed by atoms with Crippen molar-refractivity contribution in [3.8, 4) is 0 Å². The summed E-state index contributed by atoms with van der Waals surface area (Å²) in [5.41, 5.74) is 5.28. The fourth-order valence-corrected chi connectivity index (χ4v) is 9.99. The van der Waals surface area contributed by atoms with Gasteiger partial charge in [0.25, 0.3) is 0 Å². The maximum atomic E-state index is 13.4. The molecule has 6 rings (SSSR count). The van der Waals surface area contributed by atoms with Crippen molar-refractivity contribution in [1.29, 1.82) is 0 Å². The third-order valence-electron chi connectivity index (χ3n) is 14.4. The van der Waals surface area contributed by atoms with Crippen molar-refractivity contribution in [2.45, 2.75) is 152 Å². The maximum Gasteiger partial charge on any atom is 0.335 e. The van der Waals surface area contributed by atoms with Gasteiger partial charge in [-0.15, -0.1) is 0 Å². The molecule has 2 aromatic rings. The highest BCUT2D eigenvalue weighted by Crippen LogP contribution is 2.35. The van der Waals surface area contributed by atoms with Gasteiger partial charge in [-0.1, -0.05) is 62.1 Å². The maximum absolute atomic E-state index is 13.4. The van der Waals surface area contributed by atoms with E-state index in [4.69, 9.17) is 20.4 Å². The highest BCUT2D eigenvalue weighted by molar-refractivity contribution is 6.00. The second-order valence-electron chi connectivity index (χ2n) is 18.8. The van der Waals surface area contributed by atoms with Crippen molar-refractivity contribution in [1.82, 2.24) is 19.6 Å². The Hall–Kier alpha value is -4.00. The van der Waals surface area contributed by atoms with Gasteiger partial charge in [0, 0.05) is 49.6 Å². The number of hydrogen-bond donors (Lipinski definition) is 8. The normalized spacial score (nSPS) is 24.5. The number of likely N-dealkylation sites (tertiary alicyclic amines) is 2. The number of aliphatic hydroxyl groups excluding tert-OH is 4. The van der Waals surface area contributed by atoms with Crippen LogP contribution >= 0.6 is 0 Å². The summed E-state index contributed by atoms with van der Waals surface area (Å²) >= 11 is 0. The molecule has 2 saturated carbocycles. The number of aliphatic hydroxyl groups is 4. The second kappa shape index (κ2) is 23.4. The molecule has 0 bridgehead atoms. The number of carboxylic acid groups (broad SMARTS) is 2. The minimum absolute atomic E-state index is 0.0914. The van der Waals surface area contributed by atoms with Crippen LogP contribution < -0.4 is 10.6 Å². The molecule has 4 aliphatic rings. The van der Waals surface area contributed by atoms with E-state index in [1.165, 1.54) is 12.8 Å². The number of aryl methyl sites for hydroxylation is 4. The standard InChI is InChI=1S/2C22H35N3O2.C4H6O6/c2*1-16-8-7-9-17(2)20(16)23-21(27)22(24(3)4)12-14-25(15-13-22)18-10-5-6-11-19(18)26;5-1(3(7)8)2(6)4(9)10/h2*7-9,18-19,26H,5-6,10-15H2,1-4H3,(H,23,27);1-2,5-6H,(H,7,8)(H,9,10)/t18-,19-;;/m1../s1. The molecule has 8 N–H and O–H groups in total. The molecular weight excluding hydrogens is 821 g/mol.